The molecule has 3 aromatic rings. The smallest absolute Gasteiger partial charge is 0.232 e. The van der Waals surface area contributed by atoms with Crippen molar-refractivity contribution in [1.82, 2.24) is 25.1 Å². The molecule has 0 aliphatic carbocycles. The molecule has 2 fully saturated rings. The Bertz CT molecular complexity index is 1020. The second-order valence-electron chi connectivity index (χ2n) is 8.44. The lowest BCUT2D eigenvalue weighted by molar-refractivity contribution is 0.0639. The molecular weight excluding hydrogens is 402 g/mol. The number of rotatable bonds is 5. The first-order valence-corrected chi connectivity index (χ1v) is 11.3. The van der Waals surface area contributed by atoms with E-state index >= 15 is 0 Å². The maximum absolute atomic E-state index is 11.2. The Balaban J connectivity index is 1.49. The molecule has 8 heteroatoms. The Labute approximate surface area is 180 Å². The van der Waals surface area contributed by atoms with Gasteiger partial charge in [0, 0.05) is 29.7 Å². The third-order valence-corrected chi connectivity index (χ3v) is 6.73. The molecule has 0 radical (unpaired) electrons. The average molecular weight is 430 g/mol. The molecule has 2 aliphatic heterocycles. The van der Waals surface area contributed by atoms with Gasteiger partial charge in [0.2, 0.25) is 11.8 Å². The minimum Gasteiger partial charge on any atom is -0.493 e. The largest absolute Gasteiger partial charge is 0.493 e. The van der Waals surface area contributed by atoms with Gasteiger partial charge in [0.1, 0.15) is 0 Å². The molecule has 3 N–H and O–H groups in total. The zero-order valence-corrected chi connectivity index (χ0v) is 17.8. The number of benzene rings is 1. The number of aromatic nitrogens is 4. The molecule has 0 atom stereocenters. The number of nitrogens with zero attached hydrogens (tertiary/aromatic N) is 3. The first kappa shape index (κ1) is 19.8. The van der Waals surface area contributed by atoms with Crippen molar-refractivity contribution < 1.29 is 9.84 Å². The van der Waals surface area contributed by atoms with Crippen LogP contribution in [-0.2, 0) is 11.2 Å². The quantitative estimate of drug-likeness (QED) is 0.571. The van der Waals surface area contributed by atoms with Crippen LogP contribution in [0.4, 0.5) is 0 Å². The Morgan fingerprint density at radius 3 is 2.77 bits per heavy atom. The summed E-state index contributed by atoms with van der Waals surface area (Å²) < 4.78 is 7.07. The summed E-state index contributed by atoms with van der Waals surface area (Å²) in [5.74, 6) is 1.75. The first-order valence-electron chi connectivity index (χ1n) is 10.9. The van der Waals surface area contributed by atoms with Gasteiger partial charge in [-0.1, -0.05) is 11.6 Å². The van der Waals surface area contributed by atoms with Crippen LogP contribution < -0.4 is 5.32 Å². The van der Waals surface area contributed by atoms with Crippen LogP contribution in [0.25, 0.3) is 17.0 Å². The number of hydrogen-bond donors (Lipinski definition) is 3. The third kappa shape index (κ3) is 3.94. The van der Waals surface area contributed by atoms with E-state index in [1.807, 2.05) is 18.2 Å². The van der Waals surface area contributed by atoms with Crippen molar-refractivity contribution in [2.24, 2.45) is 5.92 Å². The third-order valence-electron chi connectivity index (χ3n) is 6.49. The summed E-state index contributed by atoms with van der Waals surface area (Å²) >= 11 is 6.11. The van der Waals surface area contributed by atoms with Crippen molar-refractivity contribution in [2.75, 3.05) is 26.3 Å². The lowest BCUT2D eigenvalue weighted by Gasteiger charge is -2.23. The zero-order valence-electron chi connectivity index (χ0n) is 17.0. The Morgan fingerprint density at radius 1 is 1.17 bits per heavy atom. The highest BCUT2D eigenvalue weighted by molar-refractivity contribution is 6.31. The number of fused-ring (bicyclic) bond motifs is 1. The fourth-order valence-electron chi connectivity index (χ4n) is 4.72. The standard InChI is InChI=1S/C22H28ClN5O2/c23-16-2-4-18-19(13-16)26-22(25-18)28-21(29)17(3-1-14-7-11-30-12-8-14)20(27-28)15-5-9-24-10-6-15/h2,4,13-15,24,29H,1,3,5-12H2,(H,25,26). The molecule has 0 bridgehead atoms. The van der Waals surface area contributed by atoms with Crippen LogP contribution in [0.2, 0.25) is 5.02 Å². The summed E-state index contributed by atoms with van der Waals surface area (Å²) in [6, 6.07) is 5.54. The number of aromatic amines is 1. The van der Waals surface area contributed by atoms with E-state index in [9.17, 15) is 5.11 Å². The molecule has 0 amide bonds. The van der Waals surface area contributed by atoms with Gasteiger partial charge in [0.05, 0.1) is 16.7 Å². The van der Waals surface area contributed by atoms with Crippen LogP contribution in [0.3, 0.4) is 0 Å². The SMILES string of the molecule is Oc1c(CCC2CCOCC2)c(C2CCNCC2)nn1-c1nc2cc(Cl)ccc2[nH]1. The first-order chi connectivity index (χ1) is 14.7. The minimum absolute atomic E-state index is 0.209. The number of H-pyrrole nitrogens is 1. The van der Waals surface area contributed by atoms with E-state index in [0.29, 0.717) is 22.8 Å². The van der Waals surface area contributed by atoms with Gasteiger partial charge in [-0.25, -0.2) is 4.98 Å². The minimum atomic E-state index is 0.209. The van der Waals surface area contributed by atoms with Crippen molar-refractivity contribution in [1.29, 1.82) is 0 Å². The van der Waals surface area contributed by atoms with E-state index in [2.05, 4.69) is 15.3 Å². The van der Waals surface area contributed by atoms with E-state index in [0.717, 1.165) is 87.1 Å². The van der Waals surface area contributed by atoms with Crippen molar-refractivity contribution >= 4 is 22.6 Å². The summed E-state index contributed by atoms with van der Waals surface area (Å²) in [4.78, 5) is 7.90. The molecule has 2 aromatic heterocycles. The number of imidazole rings is 1. The lowest BCUT2D eigenvalue weighted by Crippen LogP contribution is -2.27. The lowest BCUT2D eigenvalue weighted by atomic mass is 9.88. The molecule has 0 saturated carbocycles. The monoisotopic (exact) mass is 429 g/mol. The van der Waals surface area contributed by atoms with E-state index in [1.54, 1.807) is 4.68 Å². The Morgan fingerprint density at radius 2 is 1.97 bits per heavy atom. The van der Waals surface area contributed by atoms with Gasteiger partial charge in [0.25, 0.3) is 0 Å². The van der Waals surface area contributed by atoms with Crippen molar-refractivity contribution in [3.05, 3.63) is 34.5 Å². The molecule has 2 aliphatic rings. The van der Waals surface area contributed by atoms with Crippen LogP contribution in [0.5, 0.6) is 5.88 Å². The molecule has 0 spiro atoms. The number of ether oxygens (including phenoxy) is 1. The highest BCUT2D eigenvalue weighted by Crippen LogP contribution is 2.35. The van der Waals surface area contributed by atoms with Crippen LogP contribution in [-0.4, -0.2) is 51.2 Å². The van der Waals surface area contributed by atoms with Crippen LogP contribution in [0.1, 0.15) is 49.3 Å². The Kier molecular flexibility index (Phi) is 5.67. The van der Waals surface area contributed by atoms with E-state index < -0.39 is 0 Å². The predicted molar refractivity (Wildman–Crippen MR) is 117 cm³/mol. The molecule has 2 saturated heterocycles. The maximum Gasteiger partial charge on any atom is 0.232 e. The highest BCUT2D eigenvalue weighted by Gasteiger charge is 2.28. The topological polar surface area (TPSA) is 88.0 Å². The van der Waals surface area contributed by atoms with Crippen LogP contribution in [0.15, 0.2) is 18.2 Å². The normalized spacial score (nSPS) is 19.0. The molecular formula is C22H28ClN5O2. The second kappa shape index (κ2) is 8.57. The Hall–Kier alpha value is -2.09. The average Bonchev–Trinajstić information content (AvgIpc) is 3.34. The molecule has 5 rings (SSSR count). The molecule has 4 heterocycles. The van der Waals surface area contributed by atoms with Gasteiger partial charge in [0.15, 0.2) is 0 Å². The number of nitrogens with one attached hydrogen (secondary N) is 2. The number of piperidine rings is 1. The molecule has 30 heavy (non-hydrogen) atoms. The van der Waals surface area contributed by atoms with Gasteiger partial charge in [-0.3, -0.25) is 0 Å². The second-order valence-corrected chi connectivity index (χ2v) is 8.88. The fraction of sp³-hybridized carbons (Fsp3) is 0.545. The summed E-state index contributed by atoms with van der Waals surface area (Å²) in [5.41, 5.74) is 3.64. The summed E-state index contributed by atoms with van der Waals surface area (Å²) in [5, 5.41) is 20.1. The molecule has 1 aromatic carbocycles. The number of halogens is 1. The van der Waals surface area contributed by atoms with E-state index in [1.165, 1.54) is 0 Å². The fourth-order valence-corrected chi connectivity index (χ4v) is 4.88. The van der Waals surface area contributed by atoms with Crippen LogP contribution >= 0.6 is 11.6 Å². The summed E-state index contributed by atoms with van der Waals surface area (Å²) in [6.45, 7) is 3.67. The molecule has 7 nitrogen and oxygen atoms in total. The number of hydrogen-bond acceptors (Lipinski definition) is 5. The van der Waals surface area contributed by atoms with E-state index in [4.69, 9.17) is 21.4 Å². The van der Waals surface area contributed by atoms with Gasteiger partial charge in [-0.15, -0.1) is 0 Å². The van der Waals surface area contributed by atoms with Gasteiger partial charge >= 0.3 is 0 Å². The molecule has 160 valence electrons. The summed E-state index contributed by atoms with van der Waals surface area (Å²) in [7, 11) is 0. The van der Waals surface area contributed by atoms with Crippen LogP contribution in [0, 0.1) is 5.92 Å². The maximum atomic E-state index is 11.2. The van der Waals surface area contributed by atoms with Gasteiger partial charge in [-0.05, 0) is 75.7 Å². The predicted octanol–water partition coefficient (Wildman–Crippen LogP) is 3.93. The van der Waals surface area contributed by atoms with Gasteiger partial charge < -0.3 is 20.1 Å². The number of aromatic hydroxyl groups is 1. The van der Waals surface area contributed by atoms with Gasteiger partial charge in [-0.2, -0.15) is 9.78 Å². The summed E-state index contributed by atoms with van der Waals surface area (Å²) in [6.07, 6.45) is 6.16. The zero-order chi connectivity index (χ0) is 20.5. The molecule has 0 unspecified atom stereocenters. The van der Waals surface area contributed by atoms with Crippen molar-refractivity contribution in [2.45, 2.75) is 44.4 Å². The van der Waals surface area contributed by atoms with Crippen molar-refractivity contribution in [3.63, 3.8) is 0 Å². The van der Waals surface area contributed by atoms with E-state index in [-0.39, 0.29) is 5.88 Å². The highest BCUT2D eigenvalue weighted by atomic mass is 35.5. The van der Waals surface area contributed by atoms with Crippen molar-refractivity contribution in [3.8, 4) is 11.8 Å².